The average molecular weight is 229 g/mol. The first-order valence-electron chi connectivity index (χ1n) is 6.75. The maximum absolute atomic E-state index is 5.55. The summed E-state index contributed by atoms with van der Waals surface area (Å²) in [6.45, 7) is 11.4. The molecular weight excluding hydrogens is 202 g/mol. The Balaban J connectivity index is 2.16. The Hall–Kier alpha value is -0.120. The van der Waals surface area contributed by atoms with Gasteiger partial charge in [-0.25, -0.2) is 0 Å². The van der Waals surface area contributed by atoms with E-state index in [1.165, 1.54) is 25.9 Å². The monoisotopic (exact) mass is 229 g/mol. The summed E-state index contributed by atoms with van der Waals surface area (Å²) in [6, 6.07) is 0. The van der Waals surface area contributed by atoms with Crippen LogP contribution in [0.2, 0.25) is 0 Å². The van der Waals surface area contributed by atoms with Gasteiger partial charge in [-0.2, -0.15) is 0 Å². The van der Waals surface area contributed by atoms with Gasteiger partial charge >= 0.3 is 0 Å². The highest BCUT2D eigenvalue weighted by atomic mass is 16.7. The van der Waals surface area contributed by atoms with Gasteiger partial charge in [0.05, 0.1) is 0 Å². The van der Waals surface area contributed by atoms with Crippen molar-refractivity contribution in [3.63, 3.8) is 0 Å². The van der Waals surface area contributed by atoms with Crippen LogP contribution in [0.5, 0.6) is 0 Å². The van der Waals surface area contributed by atoms with Crippen LogP contribution >= 0.6 is 0 Å². The lowest BCUT2D eigenvalue weighted by Gasteiger charge is -2.21. The van der Waals surface area contributed by atoms with Crippen molar-refractivity contribution >= 4 is 0 Å². The summed E-state index contributed by atoms with van der Waals surface area (Å²) >= 11 is 0. The minimum atomic E-state index is -0.00400. The van der Waals surface area contributed by atoms with Crippen molar-refractivity contribution in [1.82, 2.24) is 4.90 Å². The molecule has 0 spiro atoms. The van der Waals surface area contributed by atoms with Gasteiger partial charge in [0.1, 0.15) is 0 Å². The van der Waals surface area contributed by atoms with E-state index in [9.17, 15) is 0 Å². The van der Waals surface area contributed by atoms with Crippen molar-refractivity contribution in [2.24, 2.45) is 5.92 Å². The number of hydrogen-bond donors (Lipinski definition) is 0. The second-order valence-electron chi connectivity index (χ2n) is 4.49. The predicted molar refractivity (Wildman–Crippen MR) is 66.5 cm³/mol. The highest BCUT2D eigenvalue weighted by Crippen LogP contribution is 2.19. The summed E-state index contributed by atoms with van der Waals surface area (Å²) in [5.41, 5.74) is 0. The Morgan fingerprint density at radius 2 is 1.88 bits per heavy atom. The second kappa shape index (κ2) is 8.04. The van der Waals surface area contributed by atoms with Crippen LogP contribution in [0.25, 0.3) is 0 Å². The van der Waals surface area contributed by atoms with Crippen molar-refractivity contribution in [1.29, 1.82) is 0 Å². The lowest BCUT2D eigenvalue weighted by Crippen LogP contribution is -2.28. The topological polar surface area (TPSA) is 21.7 Å². The third-order valence-electron chi connectivity index (χ3n) is 3.33. The first kappa shape index (κ1) is 13.9. The minimum Gasteiger partial charge on any atom is -0.353 e. The Morgan fingerprint density at radius 3 is 2.38 bits per heavy atom. The number of ether oxygens (including phenoxy) is 2. The maximum Gasteiger partial charge on any atom is 0.158 e. The van der Waals surface area contributed by atoms with Crippen LogP contribution in [-0.4, -0.2) is 44.0 Å². The Kier molecular flexibility index (Phi) is 7.01. The van der Waals surface area contributed by atoms with E-state index in [1.807, 2.05) is 13.8 Å². The van der Waals surface area contributed by atoms with E-state index in [0.717, 1.165) is 32.1 Å². The van der Waals surface area contributed by atoms with Gasteiger partial charge in [0.2, 0.25) is 0 Å². The normalized spacial score (nSPS) is 22.1. The number of rotatable bonds is 8. The van der Waals surface area contributed by atoms with Crippen LogP contribution in [-0.2, 0) is 9.47 Å². The fourth-order valence-electron chi connectivity index (χ4n) is 2.32. The summed E-state index contributed by atoms with van der Waals surface area (Å²) in [7, 11) is 0. The first-order chi connectivity index (χ1) is 7.80. The van der Waals surface area contributed by atoms with E-state index in [4.69, 9.17) is 9.47 Å². The molecule has 0 radical (unpaired) electrons. The van der Waals surface area contributed by atoms with Crippen molar-refractivity contribution in [3.8, 4) is 0 Å². The standard InChI is InChI=1S/C13H27NO2/c1-4-12-7-9-14(11-12)10-8-13(15-5-2)16-6-3/h12-13H,4-11H2,1-3H3. The van der Waals surface area contributed by atoms with Crippen molar-refractivity contribution in [2.75, 3.05) is 32.8 Å². The lowest BCUT2D eigenvalue weighted by molar-refractivity contribution is -0.141. The van der Waals surface area contributed by atoms with Crippen LogP contribution in [0.4, 0.5) is 0 Å². The van der Waals surface area contributed by atoms with E-state index in [1.54, 1.807) is 0 Å². The molecule has 1 rings (SSSR count). The van der Waals surface area contributed by atoms with E-state index in [-0.39, 0.29) is 6.29 Å². The van der Waals surface area contributed by atoms with Crippen molar-refractivity contribution in [3.05, 3.63) is 0 Å². The summed E-state index contributed by atoms with van der Waals surface area (Å²) in [5, 5.41) is 0. The molecule has 0 saturated carbocycles. The number of likely N-dealkylation sites (tertiary alicyclic amines) is 1. The molecule has 3 heteroatoms. The van der Waals surface area contributed by atoms with Gasteiger partial charge < -0.3 is 14.4 Å². The van der Waals surface area contributed by atoms with Gasteiger partial charge in [-0.3, -0.25) is 0 Å². The molecule has 0 aromatic rings. The highest BCUT2D eigenvalue weighted by molar-refractivity contribution is 4.74. The Labute approximate surface area is 100 Å². The smallest absolute Gasteiger partial charge is 0.158 e. The summed E-state index contributed by atoms with van der Waals surface area (Å²) in [5.74, 6) is 0.914. The van der Waals surface area contributed by atoms with Crippen LogP contribution in [0.1, 0.15) is 40.0 Å². The van der Waals surface area contributed by atoms with Crippen LogP contribution in [0, 0.1) is 5.92 Å². The molecule has 3 nitrogen and oxygen atoms in total. The molecule has 0 aliphatic carbocycles. The molecule has 0 bridgehead atoms. The van der Waals surface area contributed by atoms with E-state index >= 15 is 0 Å². The van der Waals surface area contributed by atoms with Gasteiger partial charge in [0.15, 0.2) is 6.29 Å². The van der Waals surface area contributed by atoms with Gasteiger partial charge in [-0.1, -0.05) is 13.3 Å². The van der Waals surface area contributed by atoms with E-state index in [0.29, 0.717) is 0 Å². The zero-order valence-corrected chi connectivity index (χ0v) is 11.1. The summed E-state index contributed by atoms with van der Waals surface area (Å²) in [4.78, 5) is 2.54. The molecule has 1 saturated heterocycles. The van der Waals surface area contributed by atoms with Crippen LogP contribution in [0.3, 0.4) is 0 Å². The fraction of sp³-hybridized carbons (Fsp3) is 1.00. The quantitative estimate of drug-likeness (QED) is 0.597. The molecule has 1 aliphatic rings. The lowest BCUT2D eigenvalue weighted by atomic mass is 10.1. The third kappa shape index (κ3) is 4.81. The molecule has 1 aliphatic heterocycles. The maximum atomic E-state index is 5.55. The van der Waals surface area contributed by atoms with Gasteiger partial charge in [-0.15, -0.1) is 0 Å². The highest BCUT2D eigenvalue weighted by Gasteiger charge is 2.21. The molecule has 96 valence electrons. The molecule has 0 N–H and O–H groups in total. The Morgan fingerprint density at radius 1 is 1.19 bits per heavy atom. The largest absolute Gasteiger partial charge is 0.353 e. The molecule has 0 aromatic carbocycles. The second-order valence-corrected chi connectivity index (χ2v) is 4.49. The molecule has 16 heavy (non-hydrogen) atoms. The SMILES string of the molecule is CCOC(CCN1CCC(CC)C1)OCC. The van der Waals surface area contributed by atoms with E-state index < -0.39 is 0 Å². The zero-order valence-electron chi connectivity index (χ0n) is 11.1. The predicted octanol–water partition coefficient (Wildman–Crippen LogP) is 2.51. The van der Waals surface area contributed by atoms with Gasteiger partial charge in [-0.05, 0) is 32.7 Å². The van der Waals surface area contributed by atoms with Gasteiger partial charge in [0.25, 0.3) is 0 Å². The fourth-order valence-corrected chi connectivity index (χ4v) is 2.32. The molecule has 1 atom stereocenters. The Bertz CT molecular complexity index is 169. The zero-order chi connectivity index (χ0) is 11.8. The van der Waals surface area contributed by atoms with Crippen LogP contribution in [0.15, 0.2) is 0 Å². The average Bonchev–Trinajstić information content (AvgIpc) is 2.74. The number of nitrogens with zero attached hydrogens (tertiary/aromatic N) is 1. The van der Waals surface area contributed by atoms with Crippen molar-refractivity contribution < 1.29 is 9.47 Å². The van der Waals surface area contributed by atoms with E-state index in [2.05, 4.69) is 11.8 Å². The molecule has 1 fully saturated rings. The number of hydrogen-bond acceptors (Lipinski definition) is 3. The molecule has 1 unspecified atom stereocenters. The first-order valence-corrected chi connectivity index (χ1v) is 6.75. The molecule has 0 amide bonds. The molecular formula is C13H27NO2. The summed E-state index contributed by atoms with van der Waals surface area (Å²) in [6.07, 6.45) is 3.68. The molecule has 0 aromatic heterocycles. The molecule has 1 heterocycles. The third-order valence-corrected chi connectivity index (χ3v) is 3.33. The van der Waals surface area contributed by atoms with Crippen LogP contribution < -0.4 is 0 Å². The summed E-state index contributed by atoms with van der Waals surface area (Å²) < 4.78 is 11.1. The minimum absolute atomic E-state index is 0.00400. The van der Waals surface area contributed by atoms with Crippen molar-refractivity contribution in [2.45, 2.75) is 46.3 Å². The van der Waals surface area contributed by atoms with Gasteiger partial charge in [0, 0.05) is 32.7 Å².